The largest absolute Gasteiger partial charge is 0.483 e. The first-order chi connectivity index (χ1) is 15.4. The van der Waals surface area contributed by atoms with Crippen LogP contribution in [-0.4, -0.2) is 35.4 Å². The molecular weight excluding hydrogens is 400 g/mol. The molecule has 0 fully saturated rings. The predicted octanol–water partition coefficient (Wildman–Crippen LogP) is 4.86. The molecule has 2 amide bonds. The summed E-state index contributed by atoms with van der Waals surface area (Å²) < 4.78 is 5.93. The minimum Gasteiger partial charge on any atom is -0.483 e. The van der Waals surface area contributed by atoms with Crippen LogP contribution in [0, 0.1) is 6.92 Å². The van der Waals surface area contributed by atoms with Crippen LogP contribution in [0.4, 0.5) is 0 Å². The number of nitrogens with zero attached hydrogens (tertiary/aromatic N) is 1. The molecule has 0 saturated carbocycles. The Hall–Kier alpha value is -3.34. The van der Waals surface area contributed by atoms with Gasteiger partial charge >= 0.3 is 0 Å². The van der Waals surface area contributed by atoms with Gasteiger partial charge in [-0.05, 0) is 44.2 Å². The Kier molecular flexibility index (Phi) is 7.87. The molecule has 0 radical (unpaired) electrons. The van der Waals surface area contributed by atoms with Gasteiger partial charge in [0.25, 0.3) is 5.91 Å². The van der Waals surface area contributed by atoms with E-state index in [-0.39, 0.29) is 24.5 Å². The van der Waals surface area contributed by atoms with Gasteiger partial charge in [-0.3, -0.25) is 9.59 Å². The molecule has 3 rings (SSSR count). The fourth-order valence-corrected chi connectivity index (χ4v) is 3.48. The summed E-state index contributed by atoms with van der Waals surface area (Å²) in [6.45, 7) is 7.96. The summed E-state index contributed by atoms with van der Waals surface area (Å²) >= 11 is 0. The highest BCUT2D eigenvalue weighted by atomic mass is 16.5. The zero-order valence-electron chi connectivity index (χ0n) is 19.3. The molecule has 0 bridgehead atoms. The maximum Gasteiger partial charge on any atom is 0.261 e. The molecule has 0 aliphatic rings. The molecule has 0 heterocycles. The van der Waals surface area contributed by atoms with E-state index >= 15 is 0 Å². The van der Waals surface area contributed by atoms with Crippen molar-refractivity contribution in [3.8, 4) is 5.75 Å². The number of rotatable bonds is 9. The highest BCUT2D eigenvalue weighted by molar-refractivity contribution is 5.90. The van der Waals surface area contributed by atoms with Crippen LogP contribution in [0.3, 0.4) is 0 Å². The standard InChI is InChI=1S/C27H32N2O3/c1-5-20(3)28-27(31)21(4)29(17-22-15-13-19(2)14-16-22)26(30)18-32-25-12-8-10-23-9-6-7-11-24(23)25/h6-16,20-21H,5,17-18H2,1-4H3,(H,28,31). The number of amides is 2. The molecule has 1 N–H and O–H groups in total. The normalized spacial score (nSPS) is 12.8. The Balaban J connectivity index is 1.78. The molecule has 0 aliphatic heterocycles. The molecule has 0 aliphatic carbocycles. The maximum atomic E-state index is 13.2. The lowest BCUT2D eigenvalue weighted by Gasteiger charge is -2.29. The number of carbonyl (C=O) groups is 2. The van der Waals surface area contributed by atoms with E-state index in [0.717, 1.165) is 28.3 Å². The topological polar surface area (TPSA) is 58.6 Å². The molecule has 0 spiro atoms. The van der Waals surface area contributed by atoms with Crippen molar-refractivity contribution in [2.75, 3.05) is 6.61 Å². The molecule has 2 atom stereocenters. The van der Waals surface area contributed by atoms with Gasteiger partial charge < -0.3 is 15.0 Å². The van der Waals surface area contributed by atoms with E-state index in [9.17, 15) is 9.59 Å². The summed E-state index contributed by atoms with van der Waals surface area (Å²) in [4.78, 5) is 27.6. The van der Waals surface area contributed by atoms with Gasteiger partial charge in [0.05, 0.1) is 0 Å². The first-order valence-corrected chi connectivity index (χ1v) is 11.1. The zero-order chi connectivity index (χ0) is 23.1. The number of hydrogen-bond acceptors (Lipinski definition) is 3. The molecular formula is C27H32N2O3. The SMILES string of the molecule is CCC(C)NC(=O)C(C)N(Cc1ccc(C)cc1)C(=O)COc1cccc2ccccc12. The summed E-state index contributed by atoms with van der Waals surface area (Å²) in [6.07, 6.45) is 0.828. The average molecular weight is 433 g/mol. The van der Waals surface area contributed by atoms with Crippen LogP contribution in [0.2, 0.25) is 0 Å². The maximum absolute atomic E-state index is 13.2. The number of nitrogens with one attached hydrogen (secondary N) is 1. The van der Waals surface area contributed by atoms with Gasteiger partial charge in [0.2, 0.25) is 5.91 Å². The van der Waals surface area contributed by atoms with E-state index in [1.165, 1.54) is 0 Å². The number of aryl methyl sites for hydroxylation is 1. The minimum atomic E-state index is -0.617. The van der Waals surface area contributed by atoms with Gasteiger partial charge in [0.1, 0.15) is 11.8 Å². The zero-order valence-corrected chi connectivity index (χ0v) is 19.3. The van der Waals surface area contributed by atoms with E-state index in [4.69, 9.17) is 4.74 Å². The van der Waals surface area contributed by atoms with Crippen LogP contribution in [-0.2, 0) is 16.1 Å². The van der Waals surface area contributed by atoms with Gasteiger partial charge in [0, 0.05) is 18.0 Å². The second kappa shape index (κ2) is 10.8. The quantitative estimate of drug-likeness (QED) is 0.525. The van der Waals surface area contributed by atoms with Gasteiger partial charge in [-0.15, -0.1) is 0 Å². The predicted molar refractivity (Wildman–Crippen MR) is 129 cm³/mol. The Morgan fingerprint density at radius 2 is 1.66 bits per heavy atom. The van der Waals surface area contributed by atoms with Crippen molar-refractivity contribution in [3.63, 3.8) is 0 Å². The van der Waals surface area contributed by atoms with Crippen molar-refractivity contribution >= 4 is 22.6 Å². The van der Waals surface area contributed by atoms with Crippen LogP contribution in [0.5, 0.6) is 5.75 Å². The Bertz CT molecular complexity index is 1060. The van der Waals surface area contributed by atoms with Crippen molar-refractivity contribution in [1.29, 1.82) is 0 Å². The number of hydrogen-bond donors (Lipinski definition) is 1. The summed E-state index contributed by atoms with van der Waals surface area (Å²) in [6, 6.07) is 21.1. The first kappa shape index (κ1) is 23.3. The van der Waals surface area contributed by atoms with Crippen molar-refractivity contribution in [1.82, 2.24) is 10.2 Å². The van der Waals surface area contributed by atoms with E-state index in [2.05, 4.69) is 5.32 Å². The average Bonchev–Trinajstić information content (AvgIpc) is 2.81. The van der Waals surface area contributed by atoms with Gasteiger partial charge in [-0.25, -0.2) is 0 Å². The van der Waals surface area contributed by atoms with Gasteiger partial charge in [-0.2, -0.15) is 0 Å². The second-order valence-electron chi connectivity index (χ2n) is 8.27. The van der Waals surface area contributed by atoms with Gasteiger partial charge in [-0.1, -0.05) is 73.2 Å². The van der Waals surface area contributed by atoms with E-state index in [1.54, 1.807) is 11.8 Å². The smallest absolute Gasteiger partial charge is 0.261 e. The number of ether oxygens (including phenoxy) is 1. The molecule has 32 heavy (non-hydrogen) atoms. The minimum absolute atomic E-state index is 0.0493. The van der Waals surface area contributed by atoms with Crippen molar-refractivity contribution in [2.45, 2.75) is 52.7 Å². The van der Waals surface area contributed by atoms with Crippen LogP contribution >= 0.6 is 0 Å². The van der Waals surface area contributed by atoms with Gasteiger partial charge in [0.15, 0.2) is 6.61 Å². The number of fused-ring (bicyclic) bond motifs is 1. The lowest BCUT2D eigenvalue weighted by Crippen LogP contribution is -2.50. The summed E-state index contributed by atoms with van der Waals surface area (Å²) in [5.74, 6) is 0.263. The summed E-state index contributed by atoms with van der Waals surface area (Å²) in [5, 5.41) is 4.99. The first-order valence-electron chi connectivity index (χ1n) is 11.1. The number of benzene rings is 3. The molecule has 0 saturated heterocycles. The van der Waals surface area contributed by atoms with Crippen LogP contribution in [0.1, 0.15) is 38.3 Å². The van der Waals surface area contributed by atoms with Crippen molar-refractivity contribution < 1.29 is 14.3 Å². The molecule has 3 aromatic rings. The number of carbonyl (C=O) groups excluding carboxylic acids is 2. The molecule has 168 valence electrons. The Labute approximate surface area is 190 Å². The van der Waals surface area contributed by atoms with E-state index in [0.29, 0.717) is 12.3 Å². The summed E-state index contributed by atoms with van der Waals surface area (Å²) in [5.41, 5.74) is 2.12. The molecule has 5 heteroatoms. The Morgan fingerprint density at radius 3 is 2.38 bits per heavy atom. The Morgan fingerprint density at radius 1 is 0.969 bits per heavy atom. The molecule has 0 aromatic heterocycles. The van der Waals surface area contributed by atoms with Crippen LogP contribution < -0.4 is 10.1 Å². The second-order valence-corrected chi connectivity index (χ2v) is 8.27. The summed E-state index contributed by atoms with van der Waals surface area (Å²) in [7, 11) is 0. The van der Waals surface area contributed by atoms with E-state index in [1.807, 2.05) is 87.5 Å². The molecule has 3 aromatic carbocycles. The molecule has 5 nitrogen and oxygen atoms in total. The third-order valence-electron chi connectivity index (χ3n) is 5.74. The highest BCUT2D eigenvalue weighted by Gasteiger charge is 2.27. The third kappa shape index (κ3) is 5.88. The fourth-order valence-electron chi connectivity index (χ4n) is 3.48. The fraction of sp³-hybridized carbons (Fsp3) is 0.333. The lowest BCUT2D eigenvalue weighted by atomic mass is 10.1. The van der Waals surface area contributed by atoms with Crippen molar-refractivity contribution in [3.05, 3.63) is 77.9 Å². The van der Waals surface area contributed by atoms with Crippen molar-refractivity contribution in [2.24, 2.45) is 0 Å². The van der Waals surface area contributed by atoms with E-state index < -0.39 is 6.04 Å². The third-order valence-corrected chi connectivity index (χ3v) is 5.74. The van der Waals surface area contributed by atoms with Crippen LogP contribution in [0.15, 0.2) is 66.7 Å². The van der Waals surface area contributed by atoms with Crippen LogP contribution in [0.25, 0.3) is 10.8 Å². The lowest BCUT2D eigenvalue weighted by molar-refractivity contribution is -0.142. The molecule has 2 unspecified atom stereocenters. The highest BCUT2D eigenvalue weighted by Crippen LogP contribution is 2.25. The monoisotopic (exact) mass is 432 g/mol.